The zero-order chi connectivity index (χ0) is 21.3. The molecule has 29 heavy (non-hydrogen) atoms. The van der Waals surface area contributed by atoms with E-state index in [1.807, 2.05) is 0 Å². The number of nitrogens with one attached hydrogen (secondary N) is 2. The van der Waals surface area contributed by atoms with E-state index in [-0.39, 0.29) is 39.0 Å². The van der Waals surface area contributed by atoms with Gasteiger partial charge < -0.3 is 9.72 Å². The van der Waals surface area contributed by atoms with Crippen LogP contribution in [0, 0.1) is 0 Å². The summed E-state index contributed by atoms with van der Waals surface area (Å²) in [6.45, 7) is 1.29. The number of nitrogens with zero attached hydrogens (tertiary/aromatic N) is 2. The molecule has 0 spiro atoms. The van der Waals surface area contributed by atoms with E-state index in [1.165, 1.54) is 32.4 Å². The van der Waals surface area contributed by atoms with E-state index >= 15 is 0 Å². The predicted octanol–water partition coefficient (Wildman–Crippen LogP) is 4.75. The van der Waals surface area contributed by atoms with Gasteiger partial charge in [-0.25, -0.2) is 14.8 Å². The van der Waals surface area contributed by atoms with Gasteiger partial charge in [0.2, 0.25) is 0 Å². The average molecular weight is 424 g/mol. The number of anilines is 1. The van der Waals surface area contributed by atoms with Crippen molar-refractivity contribution in [1.29, 1.82) is 0 Å². The quantitative estimate of drug-likeness (QED) is 0.357. The molecule has 0 unspecified atom stereocenters. The number of ketones is 1. The van der Waals surface area contributed by atoms with Gasteiger partial charge in [-0.2, -0.15) is 13.2 Å². The number of amides is 1. The van der Waals surface area contributed by atoms with Crippen LogP contribution in [0.25, 0.3) is 22.2 Å². The van der Waals surface area contributed by atoms with Crippen molar-refractivity contribution >= 4 is 40.2 Å². The molecule has 2 aromatic heterocycles. The minimum Gasteiger partial charge on any atom is -0.453 e. The largest absolute Gasteiger partial charge is 0.453 e. The molecule has 0 aliphatic carbocycles. The van der Waals surface area contributed by atoms with Crippen molar-refractivity contribution in [3.8, 4) is 11.3 Å². The van der Waals surface area contributed by atoms with Gasteiger partial charge >= 0.3 is 12.3 Å². The average Bonchev–Trinajstić information content (AvgIpc) is 3.09. The predicted molar refractivity (Wildman–Crippen MR) is 102 cm³/mol. The summed E-state index contributed by atoms with van der Waals surface area (Å²) in [5, 5.41) is 2.95. The molecular weight excluding hydrogens is 409 g/mol. The molecule has 152 valence electrons. The minimum atomic E-state index is -4.66. The van der Waals surface area contributed by atoms with E-state index in [4.69, 9.17) is 0 Å². The number of hydrogen-bond donors (Lipinski definition) is 2. The van der Waals surface area contributed by atoms with Crippen LogP contribution in [0.1, 0.15) is 22.8 Å². The van der Waals surface area contributed by atoms with Gasteiger partial charge in [-0.15, -0.1) is 0 Å². The zero-order valence-corrected chi connectivity index (χ0v) is 16.3. The smallest absolute Gasteiger partial charge is 0.419 e. The first kappa shape index (κ1) is 20.6. The van der Waals surface area contributed by atoms with Crippen LogP contribution in [0.4, 0.5) is 23.7 Å². The number of aromatic amines is 1. The summed E-state index contributed by atoms with van der Waals surface area (Å²) in [5.41, 5.74) is -0.555. The highest BCUT2D eigenvalue weighted by atomic mass is 32.2. The van der Waals surface area contributed by atoms with E-state index in [0.29, 0.717) is 5.39 Å². The second kappa shape index (κ2) is 7.74. The summed E-state index contributed by atoms with van der Waals surface area (Å²) in [6.07, 6.45) is -1.70. The van der Waals surface area contributed by atoms with Crippen molar-refractivity contribution in [2.75, 3.05) is 18.7 Å². The Hall–Kier alpha value is -3.08. The Bertz CT molecular complexity index is 1110. The van der Waals surface area contributed by atoms with E-state index in [1.54, 1.807) is 6.26 Å². The molecule has 0 bridgehead atoms. The van der Waals surface area contributed by atoms with Gasteiger partial charge in [0, 0.05) is 23.3 Å². The molecule has 0 fully saturated rings. The van der Waals surface area contributed by atoms with Gasteiger partial charge in [0.05, 0.1) is 29.6 Å². The van der Waals surface area contributed by atoms with E-state index < -0.39 is 17.8 Å². The molecule has 0 saturated carbocycles. The number of aromatic nitrogens is 3. The summed E-state index contributed by atoms with van der Waals surface area (Å²) in [5.74, 6) is -0.390. The third-order valence-corrected chi connectivity index (χ3v) is 4.70. The number of ether oxygens (including phenoxy) is 1. The van der Waals surface area contributed by atoms with Gasteiger partial charge in [-0.1, -0.05) is 17.8 Å². The number of carbonyl (C=O) groups excluding carboxylic acids is 2. The van der Waals surface area contributed by atoms with Crippen LogP contribution >= 0.6 is 11.8 Å². The Morgan fingerprint density at radius 3 is 2.59 bits per heavy atom. The number of methoxy groups -OCH3 is 1. The molecule has 0 aliphatic heterocycles. The Morgan fingerprint density at radius 2 is 2.00 bits per heavy atom. The minimum absolute atomic E-state index is 0.117. The number of H-pyrrole nitrogens is 1. The van der Waals surface area contributed by atoms with Crippen molar-refractivity contribution in [3.63, 3.8) is 0 Å². The number of benzene rings is 1. The van der Waals surface area contributed by atoms with E-state index in [0.717, 1.165) is 18.0 Å². The van der Waals surface area contributed by atoms with Gasteiger partial charge in [0.25, 0.3) is 0 Å². The van der Waals surface area contributed by atoms with E-state index in [9.17, 15) is 22.8 Å². The van der Waals surface area contributed by atoms with Gasteiger partial charge in [0.1, 0.15) is 5.56 Å². The maximum absolute atomic E-state index is 13.5. The van der Waals surface area contributed by atoms with Gasteiger partial charge in [-0.3, -0.25) is 10.1 Å². The van der Waals surface area contributed by atoms with Crippen molar-refractivity contribution < 1.29 is 27.5 Å². The number of hydrogen-bond acceptors (Lipinski definition) is 6. The molecule has 0 radical (unpaired) electrons. The van der Waals surface area contributed by atoms with Crippen LogP contribution in [0.15, 0.2) is 29.7 Å². The fourth-order valence-corrected chi connectivity index (χ4v) is 3.24. The first-order chi connectivity index (χ1) is 13.7. The van der Waals surface area contributed by atoms with E-state index in [2.05, 4.69) is 25.0 Å². The number of carbonyl (C=O) groups is 2. The number of Topliss-reactive ketones (excluding diaryl/α,β-unsaturated/α-hetero) is 1. The third kappa shape index (κ3) is 3.90. The van der Waals surface area contributed by atoms with Crippen LogP contribution in [0.3, 0.4) is 0 Å². The molecule has 11 heteroatoms. The summed E-state index contributed by atoms with van der Waals surface area (Å²) in [7, 11) is 1.17. The fourth-order valence-electron chi connectivity index (χ4n) is 2.90. The van der Waals surface area contributed by atoms with Crippen LogP contribution in [-0.2, 0) is 10.9 Å². The molecule has 0 aliphatic rings. The highest BCUT2D eigenvalue weighted by Crippen LogP contribution is 2.40. The molecule has 3 rings (SSSR count). The Balaban J connectivity index is 2.27. The lowest BCUT2D eigenvalue weighted by Gasteiger charge is -2.13. The monoisotopic (exact) mass is 424 g/mol. The molecule has 0 atom stereocenters. The number of rotatable bonds is 4. The summed E-state index contributed by atoms with van der Waals surface area (Å²) >= 11 is 1.11. The number of alkyl halides is 3. The third-order valence-electron chi connectivity index (χ3n) is 4.14. The Labute approximate surface area is 167 Å². The van der Waals surface area contributed by atoms with Crippen LogP contribution in [0.5, 0.6) is 0 Å². The van der Waals surface area contributed by atoms with Crippen molar-refractivity contribution in [2.24, 2.45) is 0 Å². The highest BCUT2D eigenvalue weighted by molar-refractivity contribution is 7.98. The molecule has 7 nitrogen and oxygen atoms in total. The second-order valence-electron chi connectivity index (χ2n) is 5.90. The summed E-state index contributed by atoms with van der Waals surface area (Å²) in [6, 6.07) is 2.93. The SMILES string of the molecule is COC(=O)Nc1ccc2c(-c3nc(SC)ncc3C(F)(F)F)c[nH]c2c1C(C)=O. The van der Waals surface area contributed by atoms with Crippen LogP contribution < -0.4 is 5.32 Å². The number of thioether (sulfide) groups is 1. The Kier molecular flexibility index (Phi) is 5.51. The molecule has 3 aromatic rings. The molecule has 2 N–H and O–H groups in total. The van der Waals surface area contributed by atoms with Crippen molar-refractivity contribution in [1.82, 2.24) is 15.0 Å². The highest BCUT2D eigenvalue weighted by Gasteiger charge is 2.36. The first-order valence-electron chi connectivity index (χ1n) is 8.16. The maximum Gasteiger partial charge on any atom is 0.419 e. The lowest BCUT2D eigenvalue weighted by molar-refractivity contribution is -0.137. The standard InChI is InChI=1S/C18H15F3N4O3S/c1-8(26)13-12(24-17(27)28-2)5-4-9-10(6-22-15(9)13)14-11(18(19,20)21)7-23-16(25-14)29-3/h4-7,22H,1-3H3,(H,24,27). The zero-order valence-electron chi connectivity index (χ0n) is 15.5. The van der Waals surface area contributed by atoms with Gasteiger partial charge in [0.15, 0.2) is 10.9 Å². The topological polar surface area (TPSA) is 97.0 Å². The van der Waals surface area contributed by atoms with Crippen molar-refractivity contribution in [2.45, 2.75) is 18.3 Å². The molecular formula is C18H15F3N4O3S. The van der Waals surface area contributed by atoms with Crippen LogP contribution in [-0.4, -0.2) is 40.2 Å². The lowest BCUT2D eigenvalue weighted by atomic mass is 10.0. The molecule has 1 amide bonds. The normalized spacial score (nSPS) is 11.5. The first-order valence-corrected chi connectivity index (χ1v) is 9.38. The second-order valence-corrected chi connectivity index (χ2v) is 6.68. The Morgan fingerprint density at radius 1 is 1.28 bits per heavy atom. The number of halogens is 3. The maximum atomic E-state index is 13.5. The van der Waals surface area contributed by atoms with Crippen LogP contribution in [0.2, 0.25) is 0 Å². The van der Waals surface area contributed by atoms with Crippen molar-refractivity contribution in [3.05, 3.63) is 35.7 Å². The molecule has 1 aromatic carbocycles. The summed E-state index contributed by atoms with van der Waals surface area (Å²) < 4.78 is 45.1. The number of fused-ring (bicyclic) bond motifs is 1. The summed E-state index contributed by atoms with van der Waals surface area (Å²) in [4.78, 5) is 34.4. The molecule has 0 saturated heterocycles. The lowest BCUT2D eigenvalue weighted by Crippen LogP contribution is -2.14. The molecule has 2 heterocycles. The van der Waals surface area contributed by atoms with Gasteiger partial charge in [-0.05, 0) is 19.2 Å². The fraction of sp³-hybridized carbons (Fsp3) is 0.222.